The number of likely N-dealkylation sites (tertiary alicyclic amines) is 1. The van der Waals surface area contributed by atoms with Gasteiger partial charge in [0.15, 0.2) is 26.5 Å². The van der Waals surface area contributed by atoms with Gasteiger partial charge in [0.05, 0.1) is 25.0 Å². The molecule has 3 aliphatic rings. The molecule has 0 spiro atoms. The maximum atomic E-state index is 14.3. The number of methoxy groups -OCH3 is 1. The fraction of sp³-hybridized carbons (Fsp3) is 0.423. The number of carbonyl (C=O) groups is 3. The van der Waals surface area contributed by atoms with Gasteiger partial charge >= 0.3 is 5.97 Å². The van der Waals surface area contributed by atoms with Crippen LogP contribution in [0.25, 0.3) is 0 Å². The number of nitrogens with zero attached hydrogens (tertiary/aromatic N) is 1. The topological polar surface area (TPSA) is 146 Å². The van der Waals surface area contributed by atoms with Gasteiger partial charge in [-0.25, -0.2) is 13.2 Å². The highest BCUT2D eigenvalue weighted by molar-refractivity contribution is 7.93. The Hall–Kier alpha value is -3.32. The summed E-state index contributed by atoms with van der Waals surface area (Å²) < 4.78 is 48.7. The van der Waals surface area contributed by atoms with Crippen molar-refractivity contribution in [3.8, 4) is 5.75 Å². The lowest BCUT2D eigenvalue weighted by Crippen LogP contribution is -2.59. The number of ether oxygens (including phenoxy) is 4. The average molecular weight is 546 g/mol. The van der Waals surface area contributed by atoms with Gasteiger partial charge < -0.3 is 24.1 Å². The normalized spacial score (nSPS) is 30.4. The lowest BCUT2D eigenvalue weighted by atomic mass is 9.93. The molecule has 2 amide bonds. The quantitative estimate of drug-likeness (QED) is 0.509. The Morgan fingerprint density at radius 3 is 2.29 bits per heavy atom. The summed E-state index contributed by atoms with van der Waals surface area (Å²) in [5.41, 5.74) is 0.565. The zero-order valence-corrected chi connectivity index (χ0v) is 21.7. The van der Waals surface area contributed by atoms with E-state index in [4.69, 9.17) is 18.9 Å². The van der Waals surface area contributed by atoms with E-state index in [2.05, 4.69) is 0 Å². The number of sulfone groups is 1. The molecule has 3 fully saturated rings. The van der Waals surface area contributed by atoms with E-state index in [1.54, 1.807) is 44.2 Å². The molecular weight excluding hydrogens is 518 g/mol. The highest BCUT2D eigenvalue weighted by Crippen LogP contribution is 2.49. The van der Waals surface area contributed by atoms with Crippen LogP contribution in [-0.4, -0.2) is 78.3 Å². The van der Waals surface area contributed by atoms with Crippen LogP contribution in [0.15, 0.2) is 59.5 Å². The molecule has 3 aliphatic heterocycles. The molecule has 1 N–H and O–H groups in total. The van der Waals surface area contributed by atoms with Crippen LogP contribution in [0.1, 0.15) is 25.8 Å². The van der Waals surface area contributed by atoms with Gasteiger partial charge in [0.2, 0.25) is 5.91 Å². The van der Waals surface area contributed by atoms with E-state index < -0.39 is 69.0 Å². The molecule has 38 heavy (non-hydrogen) atoms. The molecule has 2 aromatic carbocycles. The van der Waals surface area contributed by atoms with Crippen molar-refractivity contribution in [2.24, 2.45) is 0 Å². The van der Waals surface area contributed by atoms with Crippen LogP contribution < -0.4 is 4.74 Å². The summed E-state index contributed by atoms with van der Waals surface area (Å²) in [4.78, 5) is 40.3. The summed E-state index contributed by atoms with van der Waals surface area (Å²) in [6, 6.07) is 13.9. The van der Waals surface area contributed by atoms with Crippen molar-refractivity contribution in [1.29, 1.82) is 0 Å². The monoisotopic (exact) mass is 545 g/mol. The van der Waals surface area contributed by atoms with E-state index in [9.17, 15) is 27.9 Å². The third-order valence-corrected chi connectivity index (χ3v) is 9.51. The van der Waals surface area contributed by atoms with Gasteiger partial charge in [0.25, 0.3) is 5.91 Å². The summed E-state index contributed by atoms with van der Waals surface area (Å²) in [6.07, 6.45) is -6.40. The number of hydrogen-bond acceptors (Lipinski definition) is 9. The molecule has 0 radical (unpaired) electrons. The summed E-state index contributed by atoms with van der Waals surface area (Å²) in [7, 11) is -3.11. The molecule has 2 aromatic rings. The predicted molar refractivity (Wildman–Crippen MR) is 130 cm³/mol. The summed E-state index contributed by atoms with van der Waals surface area (Å²) >= 11 is 0. The minimum atomic E-state index is -4.61. The molecule has 202 valence electrons. The van der Waals surface area contributed by atoms with E-state index in [0.29, 0.717) is 11.3 Å². The van der Waals surface area contributed by atoms with Crippen molar-refractivity contribution in [2.75, 3.05) is 7.11 Å². The van der Waals surface area contributed by atoms with Crippen LogP contribution in [0.3, 0.4) is 0 Å². The maximum absolute atomic E-state index is 14.3. The fourth-order valence-electron chi connectivity index (χ4n) is 5.38. The van der Waals surface area contributed by atoms with Crippen molar-refractivity contribution in [2.45, 2.75) is 66.7 Å². The van der Waals surface area contributed by atoms with Crippen LogP contribution in [0.4, 0.5) is 0 Å². The van der Waals surface area contributed by atoms with E-state index >= 15 is 0 Å². The highest BCUT2D eigenvalue weighted by Gasteiger charge is 2.73. The molecule has 5 atom stereocenters. The number of fused-ring (bicyclic) bond motifs is 1. The number of amides is 2. The zero-order chi connectivity index (χ0) is 27.5. The van der Waals surface area contributed by atoms with Crippen LogP contribution >= 0.6 is 0 Å². The van der Waals surface area contributed by atoms with Crippen LogP contribution in [-0.2, 0) is 45.0 Å². The second-order valence-electron chi connectivity index (χ2n) is 9.90. The third kappa shape index (κ3) is 3.99. The smallest absolute Gasteiger partial charge is 0.335 e. The van der Waals surface area contributed by atoms with Gasteiger partial charge in [0, 0.05) is 0 Å². The fourth-order valence-corrected chi connectivity index (χ4v) is 7.46. The zero-order valence-electron chi connectivity index (χ0n) is 20.9. The predicted octanol–water partition coefficient (Wildman–Crippen LogP) is 1.54. The second-order valence-corrected chi connectivity index (χ2v) is 12.1. The molecule has 12 heteroatoms. The van der Waals surface area contributed by atoms with Crippen molar-refractivity contribution < 1.29 is 46.9 Å². The Morgan fingerprint density at radius 1 is 1.05 bits per heavy atom. The molecule has 11 nitrogen and oxygen atoms in total. The lowest BCUT2D eigenvalue weighted by molar-refractivity contribution is -0.197. The lowest BCUT2D eigenvalue weighted by Gasteiger charge is -2.35. The van der Waals surface area contributed by atoms with Crippen molar-refractivity contribution >= 4 is 27.6 Å². The molecule has 5 rings (SSSR count). The first-order valence-corrected chi connectivity index (χ1v) is 13.4. The van der Waals surface area contributed by atoms with Gasteiger partial charge in [-0.15, -0.1) is 0 Å². The molecule has 1 unspecified atom stereocenters. The number of imide groups is 1. The largest absolute Gasteiger partial charge is 0.497 e. The first kappa shape index (κ1) is 26.3. The summed E-state index contributed by atoms with van der Waals surface area (Å²) in [6.45, 7) is 2.91. The summed E-state index contributed by atoms with van der Waals surface area (Å²) in [5, 5.41) is 9.82. The van der Waals surface area contributed by atoms with Crippen LogP contribution in [0.2, 0.25) is 0 Å². The van der Waals surface area contributed by atoms with E-state index in [1.807, 2.05) is 0 Å². The van der Waals surface area contributed by atoms with E-state index in [-0.39, 0.29) is 11.4 Å². The average Bonchev–Trinajstić information content (AvgIpc) is 3.47. The molecular formula is C26H27NO10S. The van der Waals surface area contributed by atoms with Crippen molar-refractivity contribution in [1.82, 2.24) is 4.90 Å². The number of benzene rings is 2. The van der Waals surface area contributed by atoms with Crippen molar-refractivity contribution in [3.63, 3.8) is 0 Å². The maximum Gasteiger partial charge on any atom is 0.335 e. The number of carboxylic acids is 1. The Bertz CT molecular complexity index is 1370. The molecule has 3 heterocycles. The first-order chi connectivity index (χ1) is 17.9. The molecule has 0 aliphatic carbocycles. The van der Waals surface area contributed by atoms with Crippen molar-refractivity contribution in [3.05, 3.63) is 60.2 Å². The first-order valence-electron chi connectivity index (χ1n) is 11.9. The summed E-state index contributed by atoms with van der Waals surface area (Å²) in [5.74, 6) is -3.84. The molecule has 3 saturated heterocycles. The van der Waals surface area contributed by atoms with Gasteiger partial charge in [-0.2, -0.15) is 0 Å². The number of hydrogen-bond donors (Lipinski definition) is 1. The van der Waals surface area contributed by atoms with Crippen LogP contribution in [0, 0.1) is 0 Å². The van der Waals surface area contributed by atoms with E-state index in [0.717, 1.165) is 4.90 Å². The number of rotatable bonds is 7. The molecule has 0 aromatic heterocycles. The van der Waals surface area contributed by atoms with E-state index in [1.165, 1.54) is 31.4 Å². The Balaban J connectivity index is 1.63. The van der Waals surface area contributed by atoms with Gasteiger partial charge in [-0.3, -0.25) is 14.5 Å². The Kier molecular flexibility index (Phi) is 6.33. The standard InChI is InChI=1S/C26H27NO10S/c1-25(2)36-19-20(37-25)22(35-21(19)23(29)30)26(38(32,33)17-7-5-4-6-8-17)13-18(28)27(24(26)31)14-15-9-11-16(34-3)12-10-15/h4-12,19-22H,13-14H2,1-3H3,(H,29,30)/t19-,20+,21-,22+,26?/m1/s1. The highest BCUT2D eigenvalue weighted by atomic mass is 32.2. The molecule has 0 saturated carbocycles. The van der Waals surface area contributed by atoms with Gasteiger partial charge in [-0.05, 0) is 43.7 Å². The number of carboxylic acid groups (broad SMARTS) is 1. The molecule has 0 bridgehead atoms. The third-order valence-electron chi connectivity index (χ3n) is 7.11. The minimum absolute atomic E-state index is 0.195. The number of carbonyl (C=O) groups excluding carboxylic acids is 2. The SMILES string of the molecule is COc1ccc(CN2C(=O)CC([C@H]3O[C@@H](C(=O)O)[C@@H]4OC(C)(C)O[C@@H]43)(S(=O)(=O)c3ccccc3)C2=O)cc1. The van der Waals surface area contributed by atoms with Gasteiger partial charge in [0.1, 0.15) is 24.1 Å². The Morgan fingerprint density at radius 2 is 1.68 bits per heavy atom. The Labute approximate surface area is 219 Å². The number of aliphatic carboxylic acids is 1. The minimum Gasteiger partial charge on any atom is -0.497 e. The van der Waals surface area contributed by atoms with Crippen LogP contribution in [0.5, 0.6) is 5.75 Å². The second kappa shape index (κ2) is 9.16. The van der Waals surface area contributed by atoms with Gasteiger partial charge in [-0.1, -0.05) is 30.3 Å².